The average Bonchev–Trinajstić information content (AvgIpc) is 3.24. The Hall–Kier alpha value is -5.52. The second-order valence-electron chi connectivity index (χ2n) is 13.0. The molecule has 0 spiro atoms. The summed E-state index contributed by atoms with van der Waals surface area (Å²) in [6, 6.07) is 18.5. The van der Waals surface area contributed by atoms with Gasteiger partial charge in [0.15, 0.2) is 0 Å². The highest BCUT2D eigenvalue weighted by atomic mass is 79.9. The number of esters is 2. The minimum absolute atomic E-state index is 0.0908. The zero-order valence-corrected chi connectivity index (χ0v) is 34.0. The second kappa shape index (κ2) is 22.3. The van der Waals surface area contributed by atoms with E-state index in [0.717, 1.165) is 31.9 Å². The van der Waals surface area contributed by atoms with Gasteiger partial charge in [-0.05, 0) is 62.6 Å². The number of anilines is 2. The molecule has 0 bridgehead atoms. The van der Waals surface area contributed by atoms with E-state index in [1.165, 1.54) is 43.6 Å². The maximum atomic E-state index is 14.4. The maximum Gasteiger partial charge on any atom is 0.339 e. The number of rotatable bonds is 7. The number of alkyl halides is 1. The maximum absolute atomic E-state index is 14.4. The number of benzene rings is 2. The summed E-state index contributed by atoms with van der Waals surface area (Å²) in [5.74, 6) is -1.73. The zero-order chi connectivity index (χ0) is 41.3. The number of amides is 4. The number of aromatic nitrogens is 2. The summed E-state index contributed by atoms with van der Waals surface area (Å²) in [6.45, 7) is 5.84. The Bertz CT molecular complexity index is 1930. The quantitative estimate of drug-likeness (QED) is 0.181. The molecule has 17 heteroatoms. The molecular weight excluding hydrogens is 806 g/mol. The molecule has 2 fully saturated rings. The Morgan fingerprint density at radius 2 is 1.18 bits per heavy atom. The van der Waals surface area contributed by atoms with Gasteiger partial charge in [-0.25, -0.2) is 28.0 Å². The lowest BCUT2D eigenvalue weighted by Crippen LogP contribution is -2.52. The SMILES string of the molecule is CN1CCN(C(=O)Nc2ccccc2F)CC1.COC(=O)c1ccc(CBr)nc1.COC(=O)c1ccc(CN(C(=O)N2CCN(C)CC2)c2ccccc2F)nc1. The van der Waals surface area contributed by atoms with Gasteiger partial charge < -0.3 is 34.4 Å². The summed E-state index contributed by atoms with van der Waals surface area (Å²) < 4.78 is 37.0. The molecule has 6 rings (SSSR count). The van der Waals surface area contributed by atoms with Gasteiger partial charge in [0.25, 0.3) is 0 Å². The van der Waals surface area contributed by atoms with E-state index < -0.39 is 17.6 Å². The van der Waals surface area contributed by atoms with Gasteiger partial charge in [0.2, 0.25) is 0 Å². The largest absolute Gasteiger partial charge is 0.465 e. The number of piperazine rings is 2. The number of carbonyl (C=O) groups is 4. The van der Waals surface area contributed by atoms with Crippen LogP contribution in [0.25, 0.3) is 0 Å². The normalized spacial score (nSPS) is 14.2. The molecule has 2 saturated heterocycles. The molecule has 2 aromatic heterocycles. The third-order valence-electron chi connectivity index (χ3n) is 9.00. The van der Waals surface area contributed by atoms with Crippen LogP contribution in [0.1, 0.15) is 32.1 Å². The smallest absolute Gasteiger partial charge is 0.339 e. The van der Waals surface area contributed by atoms with Gasteiger partial charge in [-0.3, -0.25) is 14.9 Å². The lowest BCUT2D eigenvalue weighted by atomic mass is 10.2. The molecule has 4 heterocycles. The lowest BCUT2D eigenvalue weighted by Gasteiger charge is -2.36. The third-order valence-corrected chi connectivity index (χ3v) is 9.58. The van der Waals surface area contributed by atoms with Crippen LogP contribution in [-0.4, -0.2) is 134 Å². The first-order valence-corrected chi connectivity index (χ1v) is 19.2. The number of nitrogens with zero attached hydrogens (tertiary/aromatic N) is 7. The van der Waals surface area contributed by atoms with E-state index in [1.807, 2.05) is 14.1 Å². The van der Waals surface area contributed by atoms with E-state index in [4.69, 9.17) is 0 Å². The number of likely N-dealkylation sites (N-methyl/N-ethyl adjacent to an activating group) is 2. The lowest BCUT2D eigenvalue weighted by molar-refractivity contribution is 0.0591. The first-order chi connectivity index (χ1) is 27.4. The minimum Gasteiger partial charge on any atom is -0.465 e. The Kier molecular flexibility index (Phi) is 17.3. The summed E-state index contributed by atoms with van der Waals surface area (Å²) in [5.41, 5.74) is 2.65. The van der Waals surface area contributed by atoms with Crippen LogP contribution < -0.4 is 10.2 Å². The van der Waals surface area contributed by atoms with Crippen molar-refractivity contribution < 1.29 is 37.4 Å². The highest BCUT2D eigenvalue weighted by Gasteiger charge is 2.27. The topological polar surface area (TPSA) is 141 Å². The Balaban J connectivity index is 0.000000210. The number of hydrogen-bond acceptors (Lipinski definition) is 10. The number of ether oxygens (including phenoxy) is 2. The molecule has 0 atom stereocenters. The van der Waals surface area contributed by atoms with Gasteiger partial charge >= 0.3 is 24.0 Å². The van der Waals surface area contributed by atoms with Crippen LogP contribution in [-0.2, 0) is 21.3 Å². The zero-order valence-electron chi connectivity index (χ0n) is 32.4. The van der Waals surface area contributed by atoms with Crippen LogP contribution >= 0.6 is 15.9 Å². The van der Waals surface area contributed by atoms with Crippen molar-refractivity contribution in [2.45, 2.75) is 11.9 Å². The predicted octanol–water partition coefficient (Wildman–Crippen LogP) is 5.75. The monoisotopic (exact) mass is 852 g/mol. The van der Waals surface area contributed by atoms with Crippen LogP contribution in [0.2, 0.25) is 0 Å². The molecule has 0 aliphatic carbocycles. The van der Waals surface area contributed by atoms with Crippen LogP contribution in [0.3, 0.4) is 0 Å². The van der Waals surface area contributed by atoms with E-state index in [1.54, 1.807) is 70.5 Å². The van der Waals surface area contributed by atoms with E-state index in [2.05, 4.69) is 50.5 Å². The molecule has 2 aliphatic rings. The van der Waals surface area contributed by atoms with Crippen molar-refractivity contribution in [3.8, 4) is 0 Å². The molecule has 0 radical (unpaired) electrons. The van der Waals surface area contributed by atoms with E-state index in [-0.39, 0.29) is 36.0 Å². The summed E-state index contributed by atoms with van der Waals surface area (Å²) in [4.78, 5) is 64.9. The highest BCUT2D eigenvalue weighted by molar-refractivity contribution is 9.08. The van der Waals surface area contributed by atoms with Crippen LogP contribution in [0.4, 0.5) is 29.7 Å². The molecule has 57 heavy (non-hydrogen) atoms. The van der Waals surface area contributed by atoms with Gasteiger partial charge in [0.05, 0.1) is 54.7 Å². The first-order valence-electron chi connectivity index (χ1n) is 18.0. The van der Waals surface area contributed by atoms with Crippen molar-refractivity contribution in [1.82, 2.24) is 29.6 Å². The van der Waals surface area contributed by atoms with E-state index >= 15 is 0 Å². The first kappa shape index (κ1) is 44.2. The molecule has 1 N–H and O–H groups in total. The number of methoxy groups -OCH3 is 2. The van der Waals surface area contributed by atoms with Gasteiger partial charge in [-0.2, -0.15) is 0 Å². The summed E-state index contributed by atoms with van der Waals surface area (Å²) in [6.07, 6.45) is 2.89. The van der Waals surface area contributed by atoms with Crippen LogP contribution in [0.5, 0.6) is 0 Å². The molecule has 4 amide bonds. The number of pyridine rings is 2. The fraction of sp³-hybridized carbons (Fsp3) is 0.350. The number of para-hydroxylation sites is 2. The van der Waals surface area contributed by atoms with Crippen molar-refractivity contribution in [2.24, 2.45) is 0 Å². The number of nitrogens with one attached hydrogen (secondary N) is 1. The minimum atomic E-state index is -0.487. The van der Waals surface area contributed by atoms with E-state index in [0.29, 0.717) is 48.3 Å². The Labute approximate surface area is 339 Å². The second-order valence-corrected chi connectivity index (χ2v) is 13.6. The summed E-state index contributed by atoms with van der Waals surface area (Å²) in [7, 11) is 6.67. The number of halogens is 3. The number of hydrogen-bond donors (Lipinski definition) is 1. The van der Waals surface area contributed by atoms with Gasteiger partial charge in [0.1, 0.15) is 11.6 Å². The Morgan fingerprint density at radius 1 is 0.684 bits per heavy atom. The fourth-order valence-electron chi connectivity index (χ4n) is 5.52. The molecule has 2 aliphatic heterocycles. The molecule has 0 unspecified atom stereocenters. The molecule has 14 nitrogen and oxygen atoms in total. The van der Waals surface area contributed by atoms with Crippen LogP contribution in [0, 0.1) is 11.6 Å². The standard InChI is InChI=1S/C20H23FN4O3.C12H16FN3O.C8H8BrNO2/c1-23-9-11-24(12-10-23)20(27)25(18-6-4-3-5-17(18)21)14-16-8-7-15(13-22-16)19(26)28-2;1-15-6-8-16(9-7-15)12(17)14-11-5-3-2-4-10(11)13;1-12-8(11)6-2-3-7(4-9)10-5-6/h3-8,13H,9-12,14H2,1-2H3;2-5H,6-9H2,1H3,(H,14,17);2-3,5H,4H2,1H3. The van der Waals surface area contributed by atoms with Gasteiger partial charge in [-0.1, -0.05) is 40.2 Å². The van der Waals surface area contributed by atoms with Crippen molar-refractivity contribution in [2.75, 3.05) is 90.9 Å². The van der Waals surface area contributed by atoms with Gasteiger partial charge in [-0.15, -0.1) is 0 Å². The Morgan fingerprint density at radius 3 is 1.65 bits per heavy atom. The third kappa shape index (κ3) is 13.3. The van der Waals surface area contributed by atoms with Crippen molar-refractivity contribution in [3.05, 3.63) is 119 Å². The fourth-order valence-corrected chi connectivity index (χ4v) is 5.85. The number of urea groups is 2. The van der Waals surface area contributed by atoms with Crippen molar-refractivity contribution in [1.29, 1.82) is 0 Å². The molecule has 2 aromatic carbocycles. The summed E-state index contributed by atoms with van der Waals surface area (Å²) >= 11 is 3.26. The molecular formula is C40H47BrF2N8O6. The van der Waals surface area contributed by atoms with Crippen LogP contribution in [0.15, 0.2) is 85.2 Å². The molecule has 4 aromatic rings. The molecule has 0 saturated carbocycles. The van der Waals surface area contributed by atoms with E-state index in [9.17, 15) is 28.0 Å². The number of carbonyl (C=O) groups excluding carboxylic acids is 4. The highest BCUT2D eigenvalue weighted by Crippen LogP contribution is 2.23. The average molecular weight is 854 g/mol. The molecule has 304 valence electrons. The van der Waals surface area contributed by atoms with Crippen molar-refractivity contribution >= 4 is 51.3 Å². The predicted molar refractivity (Wildman–Crippen MR) is 215 cm³/mol. The van der Waals surface area contributed by atoms with Gasteiger partial charge in [0, 0.05) is 70.1 Å². The van der Waals surface area contributed by atoms with Crippen molar-refractivity contribution in [3.63, 3.8) is 0 Å². The summed E-state index contributed by atoms with van der Waals surface area (Å²) in [5, 5.41) is 3.28.